The van der Waals surface area contributed by atoms with Gasteiger partial charge in [-0.25, -0.2) is 0 Å². The van der Waals surface area contributed by atoms with Crippen molar-refractivity contribution in [1.29, 1.82) is 0 Å². The normalized spacial score (nSPS) is 28.6. The molecular formula is C14H16N2O2. The van der Waals surface area contributed by atoms with Gasteiger partial charge in [-0.1, -0.05) is 18.2 Å². The Morgan fingerprint density at radius 1 is 1.44 bits per heavy atom. The fourth-order valence-electron chi connectivity index (χ4n) is 3.06. The number of fused-ring (bicyclic) bond motifs is 1. The molecule has 3 unspecified atom stereocenters. The lowest BCUT2D eigenvalue weighted by atomic mass is 9.71. The summed E-state index contributed by atoms with van der Waals surface area (Å²) in [5.74, 6) is 1.41. The Bertz CT molecular complexity index is 525. The summed E-state index contributed by atoms with van der Waals surface area (Å²) in [6.07, 6.45) is 6.88. The first-order valence-electron chi connectivity index (χ1n) is 6.34. The van der Waals surface area contributed by atoms with Gasteiger partial charge in [0.2, 0.25) is 0 Å². The fourth-order valence-corrected chi connectivity index (χ4v) is 3.06. The number of hydrogen-bond donors (Lipinski definition) is 1. The predicted molar refractivity (Wildman–Crippen MR) is 70.6 cm³/mol. The molecule has 2 aliphatic carbocycles. The van der Waals surface area contributed by atoms with Gasteiger partial charge >= 0.3 is 0 Å². The van der Waals surface area contributed by atoms with Crippen LogP contribution in [0.3, 0.4) is 0 Å². The van der Waals surface area contributed by atoms with Crippen LogP contribution in [-0.2, 0) is 0 Å². The van der Waals surface area contributed by atoms with Crippen molar-refractivity contribution in [2.24, 2.45) is 11.8 Å². The molecule has 1 aromatic carbocycles. The van der Waals surface area contributed by atoms with E-state index in [2.05, 4.69) is 17.5 Å². The van der Waals surface area contributed by atoms with Crippen molar-refractivity contribution < 1.29 is 4.92 Å². The number of allylic oxidation sites excluding steroid dienone is 1. The number of nitro groups is 1. The highest BCUT2D eigenvalue weighted by Crippen LogP contribution is 2.44. The van der Waals surface area contributed by atoms with Crippen molar-refractivity contribution in [2.45, 2.75) is 25.8 Å². The third-order valence-electron chi connectivity index (χ3n) is 4.21. The van der Waals surface area contributed by atoms with E-state index >= 15 is 0 Å². The Hall–Kier alpha value is -1.84. The molecule has 0 spiro atoms. The zero-order valence-corrected chi connectivity index (χ0v) is 10.3. The molecule has 1 aromatic rings. The van der Waals surface area contributed by atoms with Gasteiger partial charge < -0.3 is 5.32 Å². The topological polar surface area (TPSA) is 55.2 Å². The number of benzene rings is 1. The first-order chi connectivity index (χ1) is 8.66. The molecule has 4 nitrogen and oxygen atoms in total. The molecular weight excluding hydrogens is 228 g/mol. The number of nitrogens with zero attached hydrogens (tertiary/aromatic N) is 1. The van der Waals surface area contributed by atoms with Crippen molar-refractivity contribution in [1.82, 2.24) is 0 Å². The minimum absolute atomic E-state index is 0.192. The molecule has 0 bridgehead atoms. The van der Waals surface area contributed by atoms with Crippen LogP contribution in [0.1, 0.15) is 18.4 Å². The minimum atomic E-state index is -0.320. The number of anilines is 1. The summed E-state index contributed by atoms with van der Waals surface area (Å²) in [6, 6.07) is 5.66. The second-order valence-electron chi connectivity index (χ2n) is 5.19. The van der Waals surface area contributed by atoms with Crippen molar-refractivity contribution in [3.05, 3.63) is 46.0 Å². The highest BCUT2D eigenvalue weighted by Gasteiger charge is 2.41. The highest BCUT2D eigenvalue weighted by molar-refractivity contribution is 5.60. The Balaban J connectivity index is 1.79. The van der Waals surface area contributed by atoms with Gasteiger partial charge in [0, 0.05) is 29.3 Å². The van der Waals surface area contributed by atoms with E-state index in [4.69, 9.17) is 0 Å². The SMILES string of the molecule is Cc1c(NC2CC3CC=CC32)cccc1[N+](=O)[O-]. The van der Waals surface area contributed by atoms with Gasteiger partial charge in [-0.15, -0.1) is 0 Å². The molecule has 0 amide bonds. The maximum Gasteiger partial charge on any atom is 0.274 e. The van der Waals surface area contributed by atoms with E-state index in [0.29, 0.717) is 12.0 Å². The lowest BCUT2D eigenvalue weighted by Crippen LogP contribution is -2.43. The van der Waals surface area contributed by atoms with E-state index in [1.807, 2.05) is 6.07 Å². The minimum Gasteiger partial charge on any atom is -0.381 e. The van der Waals surface area contributed by atoms with E-state index in [-0.39, 0.29) is 10.6 Å². The molecule has 2 aliphatic rings. The summed E-state index contributed by atoms with van der Waals surface area (Å²) in [7, 11) is 0. The zero-order chi connectivity index (χ0) is 12.7. The molecule has 18 heavy (non-hydrogen) atoms. The van der Waals surface area contributed by atoms with E-state index < -0.39 is 0 Å². The summed E-state index contributed by atoms with van der Waals surface area (Å²) in [5.41, 5.74) is 1.82. The van der Waals surface area contributed by atoms with Crippen molar-refractivity contribution in [3.63, 3.8) is 0 Å². The van der Waals surface area contributed by atoms with Crippen molar-refractivity contribution in [3.8, 4) is 0 Å². The van der Waals surface area contributed by atoms with Gasteiger partial charge in [0.25, 0.3) is 5.69 Å². The lowest BCUT2D eigenvalue weighted by molar-refractivity contribution is -0.385. The molecule has 3 atom stereocenters. The van der Waals surface area contributed by atoms with E-state index in [1.165, 1.54) is 12.8 Å². The van der Waals surface area contributed by atoms with Crippen molar-refractivity contribution >= 4 is 11.4 Å². The smallest absolute Gasteiger partial charge is 0.274 e. The number of hydrogen-bond acceptors (Lipinski definition) is 3. The lowest BCUT2D eigenvalue weighted by Gasteiger charge is -2.41. The van der Waals surface area contributed by atoms with Gasteiger partial charge in [0.15, 0.2) is 0 Å². The average molecular weight is 244 g/mol. The third kappa shape index (κ3) is 1.68. The zero-order valence-electron chi connectivity index (χ0n) is 10.3. The molecule has 0 aliphatic heterocycles. The molecule has 0 saturated heterocycles. The molecule has 1 N–H and O–H groups in total. The second kappa shape index (κ2) is 4.12. The van der Waals surface area contributed by atoms with Crippen LogP contribution in [0, 0.1) is 28.9 Å². The Kier molecular flexibility index (Phi) is 2.58. The Morgan fingerprint density at radius 3 is 3.00 bits per heavy atom. The maximum atomic E-state index is 10.9. The summed E-state index contributed by atoms with van der Waals surface area (Å²) < 4.78 is 0. The fraction of sp³-hybridized carbons (Fsp3) is 0.429. The monoisotopic (exact) mass is 244 g/mol. The van der Waals surface area contributed by atoms with Crippen LogP contribution in [0.25, 0.3) is 0 Å². The molecule has 0 heterocycles. The number of rotatable bonds is 3. The first kappa shape index (κ1) is 11.3. The van der Waals surface area contributed by atoms with Crippen LogP contribution in [0.2, 0.25) is 0 Å². The quantitative estimate of drug-likeness (QED) is 0.504. The molecule has 94 valence electrons. The maximum absolute atomic E-state index is 10.9. The van der Waals surface area contributed by atoms with Crippen LogP contribution >= 0.6 is 0 Å². The van der Waals surface area contributed by atoms with E-state index in [1.54, 1.807) is 19.1 Å². The Morgan fingerprint density at radius 2 is 2.28 bits per heavy atom. The summed E-state index contributed by atoms with van der Waals surface area (Å²) in [5, 5.41) is 14.4. The van der Waals surface area contributed by atoms with Crippen LogP contribution in [0.4, 0.5) is 11.4 Å². The standard InChI is InChI=1S/C14H16N2O2/c1-9-12(6-3-7-14(9)16(17)18)15-13-8-10-4-2-5-11(10)13/h2-3,5-7,10-11,13,15H,4,8H2,1H3. The average Bonchev–Trinajstić information content (AvgIpc) is 2.69. The molecule has 1 saturated carbocycles. The van der Waals surface area contributed by atoms with Crippen LogP contribution in [0.5, 0.6) is 0 Å². The number of nitro benzene ring substituents is 1. The molecule has 0 aromatic heterocycles. The van der Waals surface area contributed by atoms with Gasteiger partial charge in [0.05, 0.1) is 4.92 Å². The van der Waals surface area contributed by atoms with Gasteiger partial charge in [-0.3, -0.25) is 10.1 Å². The first-order valence-corrected chi connectivity index (χ1v) is 6.34. The molecule has 3 rings (SSSR count). The third-order valence-corrected chi connectivity index (χ3v) is 4.21. The van der Waals surface area contributed by atoms with Crippen LogP contribution in [-0.4, -0.2) is 11.0 Å². The number of nitrogens with one attached hydrogen (secondary N) is 1. The second-order valence-corrected chi connectivity index (χ2v) is 5.19. The summed E-state index contributed by atoms with van der Waals surface area (Å²) in [6.45, 7) is 1.81. The molecule has 0 radical (unpaired) electrons. The summed E-state index contributed by atoms with van der Waals surface area (Å²) >= 11 is 0. The van der Waals surface area contributed by atoms with Gasteiger partial charge in [0.1, 0.15) is 0 Å². The van der Waals surface area contributed by atoms with Gasteiger partial charge in [-0.05, 0) is 31.7 Å². The van der Waals surface area contributed by atoms with E-state index in [9.17, 15) is 10.1 Å². The van der Waals surface area contributed by atoms with Crippen molar-refractivity contribution in [2.75, 3.05) is 5.32 Å². The summed E-state index contributed by atoms with van der Waals surface area (Å²) in [4.78, 5) is 10.6. The molecule has 1 fully saturated rings. The van der Waals surface area contributed by atoms with E-state index in [0.717, 1.165) is 17.2 Å². The van der Waals surface area contributed by atoms with Gasteiger partial charge in [-0.2, -0.15) is 0 Å². The van der Waals surface area contributed by atoms with Crippen LogP contribution in [0.15, 0.2) is 30.4 Å². The Labute approximate surface area is 106 Å². The van der Waals surface area contributed by atoms with Crippen LogP contribution < -0.4 is 5.32 Å². The molecule has 4 heteroatoms. The highest BCUT2D eigenvalue weighted by atomic mass is 16.6. The predicted octanol–water partition coefficient (Wildman–Crippen LogP) is 3.28. The largest absolute Gasteiger partial charge is 0.381 e.